The maximum absolute atomic E-state index is 13.0. The van der Waals surface area contributed by atoms with Crippen LogP contribution in [0.3, 0.4) is 0 Å². The molecule has 2 amide bonds. The molecule has 0 bridgehead atoms. The van der Waals surface area contributed by atoms with Gasteiger partial charge < -0.3 is 16.0 Å². The second-order valence-electron chi connectivity index (χ2n) is 8.89. The molecule has 2 aromatic carbocycles. The molecule has 0 radical (unpaired) electrons. The number of benzene rings is 2. The molecule has 0 heterocycles. The first-order chi connectivity index (χ1) is 16.7. The van der Waals surface area contributed by atoms with Gasteiger partial charge in [0.15, 0.2) is 0 Å². The average molecular weight is 505 g/mol. The summed E-state index contributed by atoms with van der Waals surface area (Å²) in [6, 6.07) is 12.2. The molecule has 1 aliphatic carbocycles. The Balaban J connectivity index is 1.56. The molecular formula is C25H33FN4O4S. The molecule has 0 aliphatic heterocycles. The zero-order valence-corrected chi connectivity index (χ0v) is 20.7. The van der Waals surface area contributed by atoms with E-state index in [2.05, 4.69) is 20.7 Å². The molecule has 1 fully saturated rings. The third-order valence-corrected chi connectivity index (χ3v) is 6.67. The number of hydrogen-bond donors (Lipinski definition) is 4. The average Bonchev–Trinajstić information content (AvgIpc) is 2.83. The summed E-state index contributed by atoms with van der Waals surface area (Å²) in [4.78, 5) is 25.8. The Labute approximate surface area is 206 Å². The quantitative estimate of drug-likeness (QED) is 0.350. The van der Waals surface area contributed by atoms with Crippen molar-refractivity contribution in [2.45, 2.75) is 32.1 Å². The molecule has 190 valence electrons. The first-order valence-corrected chi connectivity index (χ1v) is 13.7. The number of hydrogen-bond acceptors (Lipinski definition) is 5. The summed E-state index contributed by atoms with van der Waals surface area (Å²) in [7, 11) is -3.46. The second-order valence-corrected chi connectivity index (χ2v) is 10.6. The highest BCUT2D eigenvalue weighted by Crippen LogP contribution is 2.30. The number of sulfonamides is 1. The van der Waals surface area contributed by atoms with Crippen LogP contribution in [0, 0.1) is 17.7 Å². The van der Waals surface area contributed by atoms with Gasteiger partial charge in [0.05, 0.1) is 12.2 Å². The Kier molecular flexibility index (Phi) is 9.47. The van der Waals surface area contributed by atoms with Gasteiger partial charge in [-0.25, -0.2) is 12.8 Å². The highest BCUT2D eigenvalue weighted by Gasteiger charge is 2.29. The fourth-order valence-electron chi connectivity index (χ4n) is 4.34. The van der Waals surface area contributed by atoms with Gasteiger partial charge in [-0.15, -0.1) is 0 Å². The lowest BCUT2D eigenvalue weighted by atomic mass is 9.79. The Bertz CT molecular complexity index is 1100. The fourth-order valence-corrected chi connectivity index (χ4v) is 4.90. The number of amides is 2. The smallest absolute Gasteiger partial charge is 0.251 e. The molecule has 2 aromatic rings. The molecular weight excluding hydrogens is 471 g/mol. The van der Waals surface area contributed by atoms with Gasteiger partial charge in [-0.05, 0) is 61.2 Å². The van der Waals surface area contributed by atoms with E-state index in [1.165, 1.54) is 18.2 Å². The van der Waals surface area contributed by atoms with Crippen LogP contribution in [-0.2, 0) is 14.8 Å². The lowest BCUT2D eigenvalue weighted by Crippen LogP contribution is -2.44. The van der Waals surface area contributed by atoms with E-state index in [0.717, 1.165) is 44.0 Å². The van der Waals surface area contributed by atoms with Gasteiger partial charge in [0.2, 0.25) is 15.9 Å². The molecule has 4 N–H and O–H groups in total. The van der Waals surface area contributed by atoms with Crippen LogP contribution in [0.2, 0.25) is 0 Å². The Morgan fingerprint density at radius 1 is 0.971 bits per heavy atom. The molecule has 35 heavy (non-hydrogen) atoms. The summed E-state index contributed by atoms with van der Waals surface area (Å²) >= 11 is 0. The standard InChI is InChI=1S/C25H33FN4O4S/c1-35(33,34)30-22-9-5-8-19(16-22)24(31)29-17-23(18-6-3-2-4-7-18)25(32)28-15-14-27-21-12-10-20(26)11-13-21/h5,8-13,16,18,23,27,30H,2-4,6-7,14-15,17H2,1H3,(H,28,32)(H,29,31). The molecule has 0 spiro atoms. The third kappa shape index (κ3) is 8.86. The van der Waals surface area contributed by atoms with E-state index in [1.54, 1.807) is 30.3 Å². The van der Waals surface area contributed by atoms with Crippen molar-refractivity contribution in [1.29, 1.82) is 0 Å². The Hall–Kier alpha value is -3.14. The predicted molar refractivity (Wildman–Crippen MR) is 135 cm³/mol. The first kappa shape index (κ1) is 26.5. The van der Waals surface area contributed by atoms with E-state index in [4.69, 9.17) is 0 Å². The van der Waals surface area contributed by atoms with Crippen LogP contribution in [0.25, 0.3) is 0 Å². The number of nitrogens with one attached hydrogen (secondary N) is 4. The van der Waals surface area contributed by atoms with E-state index in [1.807, 2.05) is 0 Å². The molecule has 1 unspecified atom stereocenters. The maximum atomic E-state index is 13.0. The number of carbonyl (C=O) groups excluding carboxylic acids is 2. The third-order valence-electron chi connectivity index (χ3n) is 6.06. The maximum Gasteiger partial charge on any atom is 0.251 e. The summed E-state index contributed by atoms with van der Waals surface area (Å²) in [5, 5.41) is 8.96. The zero-order valence-electron chi connectivity index (χ0n) is 19.8. The van der Waals surface area contributed by atoms with Crippen LogP contribution < -0.4 is 20.7 Å². The van der Waals surface area contributed by atoms with Gasteiger partial charge in [0, 0.05) is 36.6 Å². The van der Waals surface area contributed by atoms with E-state index >= 15 is 0 Å². The SMILES string of the molecule is CS(=O)(=O)Nc1cccc(C(=O)NCC(C(=O)NCCNc2ccc(F)cc2)C2CCCCC2)c1. The summed E-state index contributed by atoms with van der Waals surface area (Å²) < 4.78 is 38.3. The minimum Gasteiger partial charge on any atom is -0.383 e. The van der Waals surface area contributed by atoms with Crippen molar-refractivity contribution < 1.29 is 22.4 Å². The van der Waals surface area contributed by atoms with Crippen molar-refractivity contribution in [3.8, 4) is 0 Å². The van der Waals surface area contributed by atoms with Gasteiger partial charge in [-0.2, -0.15) is 0 Å². The van der Waals surface area contributed by atoms with Crippen LogP contribution in [0.5, 0.6) is 0 Å². The Morgan fingerprint density at radius 3 is 2.37 bits per heavy atom. The van der Waals surface area contributed by atoms with Crippen molar-refractivity contribution in [1.82, 2.24) is 10.6 Å². The molecule has 0 aromatic heterocycles. The molecule has 1 aliphatic rings. The molecule has 1 atom stereocenters. The van der Waals surface area contributed by atoms with E-state index in [9.17, 15) is 22.4 Å². The van der Waals surface area contributed by atoms with Crippen LogP contribution >= 0.6 is 0 Å². The lowest BCUT2D eigenvalue weighted by molar-refractivity contribution is -0.126. The largest absolute Gasteiger partial charge is 0.383 e. The van der Waals surface area contributed by atoms with Crippen molar-refractivity contribution in [2.24, 2.45) is 11.8 Å². The summed E-state index contributed by atoms with van der Waals surface area (Å²) in [6.07, 6.45) is 6.20. The zero-order chi connectivity index (χ0) is 25.3. The van der Waals surface area contributed by atoms with E-state index in [-0.39, 0.29) is 36.0 Å². The number of carbonyl (C=O) groups is 2. The minimum absolute atomic E-state index is 0.106. The highest BCUT2D eigenvalue weighted by molar-refractivity contribution is 7.92. The van der Waals surface area contributed by atoms with Crippen molar-refractivity contribution in [3.05, 3.63) is 59.9 Å². The van der Waals surface area contributed by atoms with Crippen molar-refractivity contribution in [3.63, 3.8) is 0 Å². The summed E-state index contributed by atoms with van der Waals surface area (Å²) in [6.45, 7) is 1.08. The fraction of sp³-hybridized carbons (Fsp3) is 0.440. The van der Waals surface area contributed by atoms with Crippen LogP contribution in [0.15, 0.2) is 48.5 Å². The van der Waals surface area contributed by atoms with E-state index < -0.39 is 10.0 Å². The van der Waals surface area contributed by atoms with Crippen LogP contribution in [0.4, 0.5) is 15.8 Å². The Morgan fingerprint density at radius 2 is 1.69 bits per heavy atom. The molecule has 10 heteroatoms. The van der Waals surface area contributed by atoms with Crippen LogP contribution in [0.1, 0.15) is 42.5 Å². The van der Waals surface area contributed by atoms with Crippen molar-refractivity contribution >= 4 is 33.2 Å². The molecule has 3 rings (SSSR count). The lowest BCUT2D eigenvalue weighted by Gasteiger charge is -2.29. The summed E-state index contributed by atoms with van der Waals surface area (Å²) in [5.41, 5.74) is 1.38. The topological polar surface area (TPSA) is 116 Å². The molecule has 1 saturated carbocycles. The number of rotatable bonds is 11. The number of halogens is 1. The van der Waals surface area contributed by atoms with E-state index in [0.29, 0.717) is 24.3 Å². The monoisotopic (exact) mass is 504 g/mol. The molecule has 8 nitrogen and oxygen atoms in total. The van der Waals surface area contributed by atoms with Crippen LogP contribution in [-0.4, -0.2) is 46.1 Å². The van der Waals surface area contributed by atoms with Gasteiger partial charge in [0.1, 0.15) is 5.82 Å². The van der Waals surface area contributed by atoms with Crippen molar-refractivity contribution in [2.75, 3.05) is 35.9 Å². The first-order valence-electron chi connectivity index (χ1n) is 11.8. The second kappa shape index (κ2) is 12.5. The minimum atomic E-state index is -3.46. The normalized spacial score (nSPS) is 15.1. The summed E-state index contributed by atoms with van der Waals surface area (Å²) in [5.74, 6) is -0.950. The highest BCUT2D eigenvalue weighted by atomic mass is 32.2. The number of anilines is 2. The van der Waals surface area contributed by atoms with Gasteiger partial charge in [-0.1, -0.05) is 25.3 Å². The predicted octanol–water partition coefficient (Wildman–Crippen LogP) is 3.35. The van der Waals surface area contributed by atoms with Gasteiger partial charge in [0.25, 0.3) is 5.91 Å². The molecule has 0 saturated heterocycles. The van der Waals surface area contributed by atoms with Gasteiger partial charge in [-0.3, -0.25) is 14.3 Å². The van der Waals surface area contributed by atoms with Gasteiger partial charge >= 0.3 is 0 Å².